The van der Waals surface area contributed by atoms with Gasteiger partial charge in [-0.15, -0.1) is 0 Å². The number of carbonyl (C=O) groups is 1. The summed E-state index contributed by atoms with van der Waals surface area (Å²) >= 11 is 5.80. The van der Waals surface area contributed by atoms with Gasteiger partial charge in [-0.1, -0.05) is 35.5 Å². The molecule has 0 saturated heterocycles. The van der Waals surface area contributed by atoms with Crippen molar-refractivity contribution in [2.75, 3.05) is 7.11 Å². The van der Waals surface area contributed by atoms with Crippen LogP contribution in [0.1, 0.15) is 5.56 Å². The van der Waals surface area contributed by atoms with Gasteiger partial charge in [-0.2, -0.15) is 0 Å². The monoisotopic (exact) mass is 317 g/mol. The summed E-state index contributed by atoms with van der Waals surface area (Å²) in [7, 11) is 1.33. The van der Waals surface area contributed by atoms with Crippen molar-refractivity contribution in [3.05, 3.63) is 53.2 Å². The molecule has 0 unspecified atom stereocenters. The van der Waals surface area contributed by atoms with E-state index in [2.05, 4.69) is 5.16 Å². The number of carbonyl (C=O) groups excluding carboxylic acids is 1. The standard InChI is InChI=1S/C16H12ClNO4/c1-20-14(19)9-11-15(12-7-8-13(17)21-12)18-22-16(11)10-5-3-2-4-6-10/h2-8H,9H2,1H3. The molecule has 0 bridgehead atoms. The summed E-state index contributed by atoms with van der Waals surface area (Å²) in [5, 5.41) is 4.27. The number of ether oxygens (including phenoxy) is 1. The summed E-state index contributed by atoms with van der Waals surface area (Å²) in [4.78, 5) is 11.7. The average Bonchev–Trinajstić information content (AvgIpc) is 3.14. The second kappa shape index (κ2) is 6.07. The summed E-state index contributed by atoms with van der Waals surface area (Å²) in [5.41, 5.74) is 1.86. The molecule has 0 N–H and O–H groups in total. The van der Waals surface area contributed by atoms with Crippen molar-refractivity contribution < 1.29 is 18.5 Å². The van der Waals surface area contributed by atoms with E-state index < -0.39 is 0 Å². The molecule has 0 fully saturated rings. The van der Waals surface area contributed by atoms with Crippen molar-refractivity contribution in [1.82, 2.24) is 5.16 Å². The smallest absolute Gasteiger partial charge is 0.310 e. The van der Waals surface area contributed by atoms with Crippen LogP contribution in [-0.2, 0) is 16.0 Å². The maximum Gasteiger partial charge on any atom is 0.310 e. The Morgan fingerprint density at radius 2 is 2.00 bits per heavy atom. The van der Waals surface area contributed by atoms with Gasteiger partial charge in [-0.3, -0.25) is 4.79 Å². The lowest BCUT2D eigenvalue weighted by molar-refractivity contribution is -0.139. The van der Waals surface area contributed by atoms with Gasteiger partial charge in [-0.25, -0.2) is 0 Å². The van der Waals surface area contributed by atoms with Crippen molar-refractivity contribution in [2.24, 2.45) is 0 Å². The van der Waals surface area contributed by atoms with Crippen LogP contribution >= 0.6 is 11.6 Å². The van der Waals surface area contributed by atoms with Crippen molar-refractivity contribution in [2.45, 2.75) is 6.42 Å². The van der Waals surface area contributed by atoms with E-state index in [9.17, 15) is 4.79 Å². The molecule has 1 aromatic carbocycles. The largest absolute Gasteiger partial charge is 0.469 e. The highest BCUT2D eigenvalue weighted by Gasteiger charge is 2.23. The molecule has 0 saturated carbocycles. The molecule has 0 aliphatic carbocycles. The summed E-state index contributed by atoms with van der Waals surface area (Å²) in [6, 6.07) is 12.7. The molecule has 3 rings (SSSR count). The van der Waals surface area contributed by atoms with E-state index in [0.29, 0.717) is 22.8 Å². The summed E-state index contributed by atoms with van der Waals surface area (Å²) in [5.74, 6) is 0.558. The Morgan fingerprint density at radius 1 is 1.23 bits per heavy atom. The lowest BCUT2D eigenvalue weighted by Gasteiger charge is -2.02. The molecule has 0 atom stereocenters. The Labute approximate surface area is 131 Å². The molecule has 0 aliphatic rings. The summed E-state index contributed by atoms with van der Waals surface area (Å²) in [6.07, 6.45) is 0.0257. The Hall–Kier alpha value is -2.53. The third-order valence-corrected chi connectivity index (χ3v) is 3.38. The lowest BCUT2D eigenvalue weighted by atomic mass is 10.0. The Kier molecular flexibility index (Phi) is 3.98. The number of methoxy groups -OCH3 is 1. The fourth-order valence-corrected chi connectivity index (χ4v) is 2.29. The maximum absolute atomic E-state index is 11.7. The van der Waals surface area contributed by atoms with E-state index in [1.165, 1.54) is 7.11 Å². The zero-order valence-electron chi connectivity index (χ0n) is 11.7. The first-order chi connectivity index (χ1) is 10.7. The van der Waals surface area contributed by atoms with Crippen molar-refractivity contribution in [3.8, 4) is 22.8 Å². The van der Waals surface area contributed by atoms with Gasteiger partial charge in [0, 0.05) is 11.1 Å². The minimum Gasteiger partial charge on any atom is -0.469 e. The van der Waals surface area contributed by atoms with E-state index in [0.717, 1.165) is 5.56 Å². The number of nitrogens with zero attached hydrogens (tertiary/aromatic N) is 1. The van der Waals surface area contributed by atoms with E-state index >= 15 is 0 Å². The molecule has 6 heteroatoms. The molecule has 2 aromatic heterocycles. The summed E-state index contributed by atoms with van der Waals surface area (Å²) < 4.78 is 15.5. The van der Waals surface area contributed by atoms with Gasteiger partial charge in [0.25, 0.3) is 0 Å². The SMILES string of the molecule is COC(=O)Cc1c(-c2ccc(Cl)o2)noc1-c1ccccc1. The third-order valence-electron chi connectivity index (χ3n) is 3.18. The van der Waals surface area contributed by atoms with E-state index in [-0.39, 0.29) is 17.6 Å². The minimum absolute atomic E-state index is 0.0257. The predicted molar refractivity (Wildman–Crippen MR) is 80.4 cm³/mol. The minimum atomic E-state index is -0.390. The lowest BCUT2D eigenvalue weighted by Crippen LogP contribution is -2.05. The van der Waals surface area contributed by atoms with E-state index in [4.69, 9.17) is 25.3 Å². The van der Waals surface area contributed by atoms with Crippen LogP contribution in [0.15, 0.2) is 51.4 Å². The molecule has 5 nitrogen and oxygen atoms in total. The van der Waals surface area contributed by atoms with Crippen LogP contribution in [0.3, 0.4) is 0 Å². The average molecular weight is 318 g/mol. The van der Waals surface area contributed by atoms with Crippen molar-refractivity contribution in [1.29, 1.82) is 0 Å². The first-order valence-electron chi connectivity index (χ1n) is 6.55. The van der Waals surface area contributed by atoms with Gasteiger partial charge in [0.1, 0.15) is 0 Å². The third kappa shape index (κ3) is 2.76. The van der Waals surface area contributed by atoms with Gasteiger partial charge >= 0.3 is 5.97 Å². The molecule has 0 spiro atoms. The predicted octanol–water partition coefficient (Wildman–Crippen LogP) is 3.97. The maximum atomic E-state index is 11.7. The number of halogens is 1. The first kappa shape index (κ1) is 14.4. The number of benzene rings is 1. The van der Waals surface area contributed by atoms with Gasteiger partial charge in [-0.05, 0) is 23.7 Å². The fraction of sp³-hybridized carbons (Fsp3) is 0.125. The van der Waals surface area contributed by atoms with Crippen LogP contribution in [0.5, 0.6) is 0 Å². The van der Waals surface area contributed by atoms with Crippen molar-refractivity contribution >= 4 is 17.6 Å². The van der Waals surface area contributed by atoms with Crippen LogP contribution in [0.4, 0.5) is 0 Å². The quantitative estimate of drug-likeness (QED) is 0.681. The van der Waals surface area contributed by atoms with Gasteiger partial charge in [0.2, 0.25) is 0 Å². The number of hydrogen-bond donors (Lipinski definition) is 0. The number of rotatable bonds is 4. The molecule has 2 heterocycles. The molecule has 0 aliphatic heterocycles. The topological polar surface area (TPSA) is 65.5 Å². The highest BCUT2D eigenvalue weighted by molar-refractivity contribution is 6.29. The van der Waals surface area contributed by atoms with E-state index in [1.807, 2.05) is 30.3 Å². The van der Waals surface area contributed by atoms with E-state index in [1.54, 1.807) is 12.1 Å². The van der Waals surface area contributed by atoms with Crippen LogP contribution in [0.25, 0.3) is 22.8 Å². The Balaban J connectivity index is 2.11. The molecule has 0 radical (unpaired) electrons. The van der Waals surface area contributed by atoms with Crippen molar-refractivity contribution in [3.63, 3.8) is 0 Å². The van der Waals surface area contributed by atoms with Crippen LogP contribution in [-0.4, -0.2) is 18.2 Å². The van der Waals surface area contributed by atoms with Crippen LogP contribution in [0, 0.1) is 0 Å². The fourth-order valence-electron chi connectivity index (χ4n) is 2.14. The molecule has 3 aromatic rings. The highest BCUT2D eigenvalue weighted by Crippen LogP contribution is 2.34. The zero-order chi connectivity index (χ0) is 15.5. The molecule has 0 amide bonds. The second-order valence-electron chi connectivity index (χ2n) is 4.56. The van der Waals surface area contributed by atoms with Gasteiger partial charge in [0.05, 0.1) is 13.5 Å². The Bertz CT molecular complexity index is 792. The Morgan fingerprint density at radius 3 is 2.64 bits per heavy atom. The first-order valence-corrected chi connectivity index (χ1v) is 6.93. The van der Waals surface area contributed by atoms with Crippen LogP contribution < -0.4 is 0 Å². The van der Waals surface area contributed by atoms with Gasteiger partial charge < -0.3 is 13.7 Å². The number of furan rings is 1. The van der Waals surface area contributed by atoms with Crippen LogP contribution in [0.2, 0.25) is 5.22 Å². The normalized spacial score (nSPS) is 10.6. The molecule has 22 heavy (non-hydrogen) atoms. The molecular weight excluding hydrogens is 306 g/mol. The molecule has 112 valence electrons. The number of hydrogen-bond acceptors (Lipinski definition) is 5. The zero-order valence-corrected chi connectivity index (χ0v) is 12.5. The van der Waals surface area contributed by atoms with Gasteiger partial charge in [0.15, 0.2) is 22.4 Å². The molecular formula is C16H12ClNO4. The summed E-state index contributed by atoms with van der Waals surface area (Å²) in [6.45, 7) is 0. The number of esters is 1. The highest BCUT2D eigenvalue weighted by atomic mass is 35.5. The number of aromatic nitrogens is 1. The second-order valence-corrected chi connectivity index (χ2v) is 4.93.